The minimum Gasteiger partial charge on any atom is -0.388 e. The van der Waals surface area contributed by atoms with Gasteiger partial charge in [0.25, 0.3) is 0 Å². The molecule has 2 fully saturated rings. The zero-order chi connectivity index (χ0) is 12.8. The van der Waals surface area contributed by atoms with Gasteiger partial charge < -0.3 is 15.7 Å². The highest BCUT2D eigenvalue weighted by Crippen LogP contribution is 2.27. The number of rotatable bonds is 4. The minimum absolute atomic E-state index is 0.0379. The quantitative estimate of drug-likeness (QED) is 0.645. The molecule has 3 N–H and O–H groups in total. The van der Waals surface area contributed by atoms with Crippen LogP contribution in [0, 0.1) is 0 Å². The van der Waals surface area contributed by atoms with Gasteiger partial charge in [0.15, 0.2) is 0 Å². The minimum atomic E-state index is -0.655. The third-order valence-corrected chi connectivity index (χ3v) is 3.98. The summed E-state index contributed by atoms with van der Waals surface area (Å²) < 4.78 is 0. The molecule has 0 atom stereocenters. The third kappa shape index (κ3) is 4.23. The van der Waals surface area contributed by atoms with Crippen LogP contribution in [0.5, 0.6) is 0 Å². The number of hydrogen-bond donors (Lipinski definition) is 3. The van der Waals surface area contributed by atoms with Crippen molar-refractivity contribution >= 4 is 5.91 Å². The summed E-state index contributed by atoms with van der Waals surface area (Å²) in [5.74, 6) is 0.0379. The number of aliphatic hydroxyl groups is 1. The van der Waals surface area contributed by atoms with E-state index >= 15 is 0 Å². The van der Waals surface area contributed by atoms with Gasteiger partial charge in [0, 0.05) is 32.7 Å². The van der Waals surface area contributed by atoms with Gasteiger partial charge in [-0.25, -0.2) is 0 Å². The summed E-state index contributed by atoms with van der Waals surface area (Å²) >= 11 is 0. The monoisotopic (exact) mass is 255 g/mol. The van der Waals surface area contributed by atoms with Crippen molar-refractivity contribution in [3.8, 4) is 0 Å². The molecule has 104 valence electrons. The lowest BCUT2D eigenvalue weighted by Crippen LogP contribution is -2.50. The number of carbonyl (C=O) groups is 1. The van der Waals surface area contributed by atoms with E-state index in [4.69, 9.17) is 0 Å². The van der Waals surface area contributed by atoms with Crippen LogP contribution in [0.3, 0.4) is 0 Å². The van der Waals surface area contributed by atoms with E-state index in [0.717, 1.165) is 51.9 Å². The fourth-order valence-corrected chi connectivity index (χ4v) is 2.78. The molecule has 0 radical (unpaired) electrons. The zero-order valence-corrected chi connectivity index (χ0v) is 11.1. The van der Waals surface area contributed by atoms with E-state index in [0.29, 0.717) is 13.1 Å². The normalized spacial score (nSPS) is 24.7. The summed E-state index contributed by atoms with van der Waals surface area (Å²) in [4.78, 5) is 14.0. The number of hydrogen-bond acceptors (Lipinski definition) is 4. The molecule has 0 aromatic rings. The molecule has 0 aromatic carbocycles. The second-order valence-corrected chi connectivity index (χ2v) is 5.59. The van der Waals surface area contributed by atoms with E-state index in [2.05, 4.69) is 15.5 Å². The van der Waals surface area contributed by atoms with Gasteiger partial charge in [-0.15, -0.1) is 0 Å². The lowest BCUT2D eigenvalue weighted by Gasteiger charge is -2.32. The molecule has 1 saturated carbocycles. The Labute approximate surface area is 109 Å². The molecule has 2 rings (SSSR count). The molecule has 0 aromatic heterocycles. The molecule has 2 aliphatic rings. The van der Waals surface area contributed by atoms with Gasteiger partial charge in [0.05, 0.1) is 12.1 Å². The van der Waals surface area contributed by atoms with Crippen molar-refractivity contribution < 1.29 is 9.90 Å². The second kappa shape index (κ2) is 6.50. The third-order valence-electron chi connectivity index (χ3n) is 3.98. The van der Waals surface area contributed by atoms with Crippen LogP contribution >= 0.6 is 0 Å². The van der Waals surface area contributed by atoms with Gasteiger partial charge in [0.1, 0.15) is 0 Å². The lowest BCUT2D eigenvalue weighted by molar-refractivity contribution is -0.124. The molecule has 1 saturated heterocycles. The van der Waals surface area contributed by atoms with Gasteiger partial charge in [-0.2, -0.15) is 0 Å². The topological polar surface area (TPSA) is 64.6 Å². The van der Waals surface area contributed by atoms with Crippen molar-refractivity contribution in [3.05, 3.63) is 0 Å². The number of carbonyl (C=O) groups excluding carboxylic acids is 1. The highest BCUT2D eigenvalue weighted by atomic mass is 16.3. The van der Waals surface area contributed by atoms with Crippen LogP contribution in [0.2, 0.25) is 0 Å². The summed E-state index contributed by atoms with van der Waals surface area (Å²) in [5, 5.41) is 16.4. The molecular weight excluding hydrogens is 230 g/mol. The van der Waals surface area contributed by atoms with Crippen LogP contribution in [0.1, 0.15) is 32.1 Å². The maximum absolute atomic E-state index is 11.8. The second-order valence-electron chi connectivity index (χ2n) is 5.59. The van der Waals surface area contributed by atoms with E-state index < -0.39 is 5.60 Å². The number of nitrogens with one attached hydrogen (secondary N) is 2. The van der Waals surface area contributed by atoms with Gasteiger partial charge in [-0.3, -0.25) is 9.69 Å². The summed E-state index contributed by atoms with van der Waals surface area (Å²) in [6, 6.07) is 0. The number of piperazine rings is 1. The van der Waals surface area contributed by atoms with E-state index in [1.54, 1.807) is 0 Å². The van der Waals surface area contributed by atoms with Crippen LogP contribution in [0.4, 0.5) is 0 Å². The molecule has 1 aliphatic heterocycles. The number of amides is 1. The lowest BCUT2D eigenvalue weighted by atomic mass is 9.85. The van der Waals surface area contributed by atoms with Crippen LogP contribution in [-0.2, 0) is 4.79 Å². The average Bonchev–Trinajstić information content (AvgIpc) is 2.39. The predicted molar refractivity (Wildman–Crippen MR) is 70.4 cm³/mol. The van der Waals surface area contributed by atoms with Crippen molar-refractivity contribution in [1.29, 1.82) is 0 Å². The van der Waals surface area contributed by atoms with Gasteiger partial charge >= 0.3 is 0 Å². The largest absolute Gasteiger partial charge is 0.388 e. The maximum atomic E-state index is 11.8. The van der Waals surface area contributed by atoms with Crippen molar-refractivity contribution in [2.45, 2.75) is 37.7 Å². The van der Waals surface area contributed by atoms with Crippen molar-refractivity contribution in [3.63, 3.8) is 0 Å². The molecule has 1 heterocycles. The zero-order valence-electron chi connectivity index (χ0n) is 11.1. The molecule has 18 heavy (non-hydrogen) atoms. The first-order chi connectivity index (χ1) is 8.68. The van der Waals surface area contributed by atoms with Crippen molar-refractivity contribution in [1.82, 2.24) is 15.5 Å². The Morgan fingerprint density at radius 2 is 1.89 bits per heavy atom. The Morgan fingerprint density at radius 3 is 2.56 bits per heavy atom. The molecule has 1 aliphatic carbocycles. The maximum Gasteiger partial charge on any atom is 0.234 e. The standard InChI is InChI=1S/C13H25N3O2/c17-12(10-16-8-6-14-7-9-16)15-11-13(18)4-2-1-3-5-13/h14,18H,1-11H2,(H,15,17). The smallest absolute Gasteiger partial charge is 0.234 e. The predicted octanol–water partition coefficient (Wildman–Crippen LogP) is -0.297. The first-order valence-corrected chi connectivity index (χ1v) is 7.10. The molecule has 5 nitrogen and oxygen atoms in total. The molecular formula is C13H25N3O2. The first-order valence-electron chi connectivity index (χ1n) is 7.10. The Kier molecular flexibility index (Phi) is 4.97. The molecule has 1 amide bonds. The molecule has 0 spiro atoms. The van der Waals surface area contributed by atoms with Crippen molar-refractivity contribution in [2.24, 2.45) is 0 Å². The van der Waals surface area contributed by atoms with E-state index in [1.807, 2.05) is 0 Å². The summed E-state index contributed by atoms with van der Waals surface area (Å²) in [7, 11) is 0. The fourth-order valence-electron chi connectivity index (χ4n) is 2.78. The Morgan fingerprint density at radius 1 is 1.22 bits per heavy atom. The van der Waals surface area contributed by atoms with Gasteiger partial charge in [0.2, 0.25) is 5.91 Å². The van der Waals surface area contributed by atoms with Gasteiger partial charge in [-0.05, 0) is 12.8 Å². The Balaban J connectivity index is 1.67. The summed E-state index contributed by atoms with van der Waals surface area (Å²) in [5.41, 5.74) is -0.655. The highest BCUT2D eigenvalue weighted by molar-refractivity contribution is 5.78. The SMILES string of the molecule is O=C(CN1CCNCC1)NCC1(O)CCCCC1. The molecule has 0 unspecified atom stereocenters. The average molecular weight is 255 g/mol. The van der Waals surface area contributed by atoms with Crippen LogP contribution < -0.4 is 10.6 Å². The van der Waals surface area contributed by atoms with Crippen molar-refractivity contribution in [2.75, 3.05) is 39.3 Å². The molecule has 5 heteroatoms. The highest BCUT2D eigenvalue weighted by Gasteiger charge is 2.29. The van der Waals surface area contributed by atoms with E-state index in [1.165, 1.54) is 6.42 Å². The van der Waals surface area contributed by atoms with E-state index in [9.17, 15) is 9.90 Å². The summed E-state index contributed by atoms with van der Waals surface area (Å²) in [6.07, 6.45) is 4.99. The Hall–Kier alpha value is -0.650. The Bertz CT molecular complexity index is 271. The van der Waals surface area contributed by atoms with E-state index in [-0.39, 0.29) is 5.91 Å². The van der Waals surface area contributed by atoms with Crippen LogP contribution in [0.25, 0.3) is 0 Å². The van der Waals surface area contributed by atoms with Gasteiger partial charge in [-0.1, -0.05) is 19.3 Å². The number of nitrogens with zero attached hydrogens (tertiary/aromatic N) is 1. The molecule has 0 bridgehead atoms. The summed E-state index contributed by atoms with van der Waals surface area (Å²) in [6.45, 7) is 4.64. The van der Waals surface area contributed by atoms with Crippen LogP contribution in [0.15, 0.2) is 0 Å². The van der Waals surface area contributed by atoms with Crippen LogP contribution in [-0.4, -0.2) is 60.8 Å². The first kappa shape index (κ1) is 13.8. The fraction of sp³-hybridized carbons (Fsp3) is 0.923.